The molecule has 0 heterocycles. The lowest BCUT2D eigenvalue weighted by molar-refractivity contribution is 0.367. The molecule has 0 spiro atoms. The zero-order valence-electron chi connectivity index (χ0n) is 11.1. The van der Waals surface area contributed by atoms with Crippen LogP contribution in [0.4, 0.5) is 5.69 Å². The van der Waals surface area contributed by atoms with Crippen LogP contribution >= 0.6 is 0 Å². The van der Waals surface area contributed by atoms with Crippen molar-refractivity contribution in [2.45, 2.75) is 11.8 Å². The lowest BCUT2D eigenvalue weighted by Gasteiger charge is -2.14. The van der Waals surface area contributed by atoms with E-state index in [1.807, 2.05) is 0 Å². The molecule has 2 N–H and O–H groups in total. The van der Waals surface area contributed by atoms with Gasteiger partial charge in [-0.3, -0.25) is 0 Å². The number of nitrogens with one attached hydrogen (secondary N) is 2. The molecule has 0 unspecified atom stereocenters. The molecule has 0 atom stereocenters. The van der Waals surface area contributed by atoms with Crippen molar-refractivity contribution in [3.8, 4) is 0 Å². The van der Waals surface area contributed by atoms with E-state index in [9.17, 15) is 8.42 Å². The number of anilines is 1. The molecule has 1 aromatic rings. The summed E-state index contributed by atoms with van der Waals surface area (Å²) in [4.78, 5) is 2.48. The summed E-state index contributed by atoms with van der Waals surface area (Å²) >= 11 is 0. The minimum absolute atomic E-state index is 0.279. The van der Waals surface area contributed by atoms with E-state index < -0.39 is 10.0 Å². The van der Waals surface area contributed by atoms with Crippen LogP contribution in [0.3, 0.4) is 0 Å². The maximum Gasteiger partial charge on any atom is 0.240 e. The van der Waals surface area contributed by atoms with Gasteiger partial charge in [0.1, 0.15) is 0 Å². The molecular weight excluding hydrogens is 250 g/mol. The molecule has 0 fully saturated rings. The Morgan fingerprint density at radius 3 is 2.33 bits per heavy atom. The zero-order chi connectivity index (χ0) is 13.6. The molecule has 0 saturated carbocycles. The summed E-state index contributed by atoms with van der Waals surface area (Å²) in [5, 5.41) is 3.25. The van der Waals surface area contributed by atoms with Gasteiger partial charge in [-0.15, -0.1) is 0 Å². The summed E-state index contributed by atoms with van der Waals surface area (Å²) in [6.07, 6.45) is 0. The molecule has 0 aliphatic rings. The topological polar surface area (TPSA) is 61.4 Å². The summed E-state index contributed by atoms with van der Waals surface area (Å²) in [6, 6.07) is 6.74. The fraction of sp³-hybridized carbons (Fsp3) is 0.500. The highest BCUT2D eigenvalue weighted by Gasteiger charge is 2.09. The van der Waals surface area contributed by atoms with Gasteiger partial charge in [-0.25, -0.2) is 13.1 Å². The van der Waals surface area contributed by atoms with Crippen LogP contribution in [0, 0.1) is 0 Å². The maximum atomic E-state index is 11.5. The molecule has 0 aromatic heterocycles. The molecule has 18 heavy (non-hydrogen) atoms. The van der Waals surface area contributed by atoms with Gasteiger partial charge < -0.3 is 10.2 Å². The Morgan fingerprint density at radius 2 is 1.83 bits per heavy atom. The van der Waals surface area contributed by atoms with E-state index in [-0.39, 0.29) is 4.90 Å². The molecule has 0 aliphatic heterocycles. The van der Waals surface area contributed by atoms with Gasteiger partial charge in [0.15, 0.2) is 0 Å². The van der Waals surface area contributed by atoms with E-state index >= 15 is 0 Å². The standard InChI is InChI=1S/C12H21N3O2S/c1-4-15(3)10-9-14-11-5-7-12(8-6-11)18(16,17)13-2/h5-8,13-14H,4,9-10H2,1-3H3. The molecule has 0 amide bonds. The van der Waals surface area contributed by atoms with E-state index in [1.165, 1.54) is 7.05 Å². The van der Waals surface area contributed by atoms with Gasteiger partial charge in [0.05, 0.1) is 4.90 Å². The predicted octanol–water partition coefficient (Wildman–Crippen LogP) is 0.958. The van der Waals surface area contributed by atoms with Crippen LogP contribution in [-0.2, 0) is 10.0 Å². The minimum atomic E-state index is -3.34. The van der Waals surface area contributed by atoms with Crippen molar-refractivity contribution in [2.24, 2.45) is 0 Å². The van der Waals surface area contributed by atoms with Crippen LogP contribution in [-0.4, -0.2) is 47.0 Å². The zero-order valence-corrected chi connectivity index (χ0v) is 11.9. The third-order valence-electron chi connectivity index (χ3n) is 2.80. The van der Waals surface area contributed by atoms with Crippen LogP contribution in [0.2, 0.25) is 0 Å². The molecule has 6 heteroatoms. The number of benzene rings is 1. The first-order valence-electron chi connectivity index (χ1n) is 5.95. The number of sulfonamides is 1. The second-order valence-electron chi connectivity index (χ2n) is 4.05. The Morgan fingerprint density at radius 1 is 1.22 bits per heavy atom. The van der Waals surface area contributed by atoms with E-state index in [0.717, 1.165) is 25.3 Å². The number of likely N-dealkylation sites (N-methyl/N-ethyl adjacent to an activating group) is 1. The van der Waals surface area contributed by atoms with Crippen molar-refractivity contribution >= 4 is 15.7 Å². The molecule has 102 valence electrons. The monoisotopic (exact) mass is 271 g/mol. The molecule has 0 saturated heterocycles. The van der Waals surface area contributed by atoms with Gasteiger partial charge in [0.2, 0.25) is 10.0 Å². The van der Waals surface area contributed by atoms with Crippen molar-refractivity contribution in [1.29, 1.82) is 0 Å². The second-order valence-corrected chi connectivity index (χ2v) is 5.94. The maximum absolute atomic E-state index is 11.5. The minimum Gasteiger partial charge on any atom is -0.384 e. The summed E-state index contributed by atoms with van der Waals surface area (Å²) in [6.45, 7) is 4.91. The normalized spacial score (nSPS) is 11.8. The average molecular weight is 271 g/mol. The Bertz CT molecular complexity index is 457. The number of nitrogens with zero attached hydrogens (tertiary/aromatic N) is 1. The van der Waals surface area contributed by atoms with E-state index in [2.05, 4.69) is 28.9 Å². The van der Waals surface area contributed by atoms with Gasteiger partial charge in [0, 0.05) is 18.8 Å². The number of rotatable bonds is 7. The SMILES string of the molecule is CCN(C)CCNc1ccc(S(=O)(=O)NC)cc1. The smallest absolute Gasteiger partial charge is 0.240 e. The first-order chi connectivity index (χ1) is 8.49. The van der Waals surface area contributed by atoms with Crippen LogP contribution in [0.1, 0.15) is 6.92 Å². The Kier molecular flexibility index (Phi) is 5.58. The quantitative estimate of drug-likeness (QED) is 0.775. The van der Waals surface area contributed by atoms with Gasteiger partial charge >= 0.3 is 0 Å². The van der Waals surface area contributed by atoms with E-state index in [4.69, 9.17) is 0 Å². The predicted molar refractivity (Wildman–Crippen MR) is 74.3 cm³/mol. The summed E-state index contributed by atoms with van der Waals surface area (Å²) < 4.78 is 25.3. The highest BCUT2D eigenvalue weighted by molar-refractivity contribution is 7.89. The number of hydrogen-bond donors (Lipinski definition) is 2. The van der Waals surface area contributed by atoms with Gasteiger partial charge in [-0.1, -0.05) is 6.92 Å². The van der Waals surface area contributed by atoms with E-state index in [0.29, 0.717) is 0 Å². The van der Waals surface area contributed by atoms with Gasteiger partial charge in [0.25, 0.3) is 0 Å². The lowest BCUT2D eigenvalue weighted by atomic mass is 10.3. The third-order valence-corrected chi connectivity index (χ3v) is 4.23. The van der Waals surface area contributed by atoms with Gasteiger partial charge in [-0.05, 0) is 44.9 Å². The van der Waals surface area contributed by atoms with Gasteiger partial charge in [-0.2, -0.15) is 0 Å². The van der Waals surface area contributed by atoms with Crippen LogP contribution in [0.5, 0.6) is 0 Å². The Labute approximate surface area is 109 Å². The second kappa shape index (κ2) is 6.72. The van der Waals surface area contributed by atoms with E-state index in [1.54, 1.807) is 24.3 Å². The molecule has 0 radical (unpaired) electrons. The fourth-order valence-electron chi connectivity index (χ4n) is 1.42. The summed E-state index contributed by atoms with van der Waals surface area (Å²) in [5.41, 5.74) is 0.926. The highest BCUT2D eigenvalue weighted by atomic mass is 32.2. The first kappa shape index (κ1) is 14.9. The fourth-order valence-corrected chi connectivity index (χ4v) is 2.15. The summed E-state index contributed by atoms with van der Waals surface area (Å²) in [7, 11) is 0.126. The van der Waals surface area contributed by atoms with Crippen LogP contribution in [0.25, 0.3) is 0 Å². The summed E-state index contributed by atoms with van der Waals surface area (Å²) in [5.74, 6) is 0. The third kappa shape index (κ3) is 4.29. The lowest BCUT2D eigenvalue weighted by Crippen LogP contribution is -2.24. The highest BCUT2D eigenvalue weighted by Crippen LogP contribution is 2.13. The van der Waals surface area contributed by atoms with Crippen LogP contribution < -0.4 is 10.0 Å². The number of hydrogen-bond acceptors (Lipinski definition) is 4. The molecule has 5 nitrogen and oxygen atoms in total. The average Bonchev–Trinajstić information content (AvgIpc) is 2.39. The molecular formula is C12H21N3O2S. The van der Waals surface area contributed by atoms with Crippen LogP contribution in [0.15, 0.2) is 29.2 Å². The van der Waals surface area contributed by atoms with Crippen molar-refractivity contribution in [2.75, 3.05) is 39.0 Å². The van der Waals surface area contributed by atoms with Crippen molar-refractivity contribution in [1.82, 2.24) is 9.62 Å². The molecule has 1 aromatic carbocycles. The molecule has 1 rings (SSSR count). The Hall–Kier alpha value is -1.11. The van der Waals surface area contributed by atoms with Crippen molar-refractivity contribution in [3.63, 3.8) is 0 Å². The molecule has 0 aliphatic carbocycles. The van der Waals surface area contributed by atoms with Crippen molar-refractivity contribution in [3.05, 3.63) is 24.3 Å². The Balaban J connectivity index is 2.56. The first-order valence-corrected chi connectivity index (χ1v) is 7.44. The van der Waals surface area contributed by atoms with Crippen molar-refractivity contribution < 1.29 is 8.42 Å². The molecule has 0 bridgehead atoms. The largest absolute Gasteiger partial charge is 0.384 e.